The topological polar surface area (TPSA) is 47.5 Å². The molecule has 3 nitrogen and oxygen atoms in total. The second-order valence-corrected chi connectivity index (χ2v) is 2.73. The van der Waals surface area contributed by atoms with E-state index in [0.29, 0.717) is 0 Å². The summed E-state index contributed by atoms with van der Waals surface area (Å²) in [6.07, 6.45) is -4.37. The Hall–Kier alpha value is -1.72. The molecule has 0 spiro atoms. The average molecular weight is 217 g/mol. The van der Waals surface area contributed by atoms with Crippen molar-refractivity contribution in [2.75, 3.05) is 6.54 Å². The first kappa shape index (κ1) is 11.4. The van der Waals surface area contributed by atoms with E-state index in [1.54, 1.807) is 23.6 Å². The molecule has 6 heteroatoms. The molecule has 0 amide bonds. The van der Waals surface area contributed by atoms with E-state index in [1.165, 1.54) is 12.1 Å². The van der Waals surface area contributed by atoms with Crippen LogP contribution in [0.25, 0.3) is 0 Å². The molecule has 0 aliphatic rings. The van der Waals surface area contributed by atoms with Crippen molar-refractivity contribution in [3.05, 3.63) is 35.9 Å². The van der Waals surface area contributed by atoms with Gasteiger partial charge in [0.05, 0.1) is 0 Å². The van der Waals surface area contributed by atoms with Crippen LogP contribution in [0.3, 0.4) is 0 Å². The van der Waals surface area contributed by atoms with Gasteiger partial charge in [0.15, 0.2) is 0 Å². The summed E-state index contributed by atoms with van der Waals surface area (Å²) in [6.45, 7) is -1.31. The Bertz CT molecular complexity index is 335. The summed E-state index contributed by atoms with van der Waals surface area (Å²) in [4.78, 5) is 0. The van der Waals surface area contributed by atoms with Crippen LogP contribution in [0.15, 0.2) is 35.4 Å². The van der Waals surface area contributed by atoms with E-state index in [9.17, 15) is 18.3 Å². The lowest BCUT2D eigenvalue weighted by molar-refractivity contribution is -0.214. The predicted molar refractivity (Wildman–Crippen MR) is 47.0 cm³/mol. The molecule has 0 bridgehead atoms. The molecule has 0 aliphatic heterocycles. The van der Waals surface area contributed by atoms with E-state index in [0.717, 1.165) is 0 Å². The van der Waals surface area contributed by atoms with Gasteiger partial charge in [-0.25, -0.2) is 0 Å². The maximum absolute atomic E-state index is 11.7. The van der Waals surface area contributed by atoms with Gasteiger partial charge in [0.25, 0.3) is 0 Å². The first-order valence-electron chi connectivity index (χ1n) is 4.09. The SMILES string of the molecule is [O-]/C(=N\NCC(F)(F)F)c1ccccc1. The van der Waals surface area contributed by atoms with Crippen molar-refractivity contribution >= 4 is 5.90 Å². The van der Waals surface area contributed by atoms with Crippen LogP contribution in [-0.2, 0) is 0 Å². The number of nitrogens with zero attached hydrogens (tertiary/aromatic N) is 1. The molecule has 0 atom stereocenters. The Morgan fingerprint density at radius 2 is 1.87 bits per heavy atom. The third kappa shape index (κ3) is 4.35. The van der Waals surface area contributed by atoms with E-state index < -0.39 is 18.6 Å². The molecule has 0 aromatic heterocycles. The summed E-state index contributed by atoms with van der Waals surface area (Å²) in [7, 11) is 0. The molecule has 0 saturated carbocycles. The molecular weight excluding hydrogens is 209 g/mol. The number of nitrogens with one attached hydrogen (secondary N) is 1. The zero-order valence-electron chi connectivity index (χ0n) is 7.58. The highest BCUT2D eigenvalue weighted by molar-refractivity contribution is 5.90. The number of hydrogen-bond acceptors (Lipinski definition) is 3. The van der Waals surface area contributed by atoms with Gasteiger partial charge in [-0.1, -0.05) is 30.3 Å². The van der Waals surface area contributed by atoms with Crippen LogP contribution in [0.4, 0.5) is 13.2 Å². The smallest absolute Gasteiger partial charge is 0.407 e. The van der Waals surface area contributed by atoms with Gasteiger partial charge in [0.1, 0.15) is 6.54 Å². The fourth-order valence-corrected chi connectivity index (χ4v) is 0.846. The lowest BCUT2D eigenvalue weighted by atomic mass is 10.2. The second-order valence-electron chi connectivity index (χ2n) is 2.73. The van der Waals surface area contributed by atoms with Gasteiger partial charge in [-0.2, -0.15) is 18.3 Å². The minimum atomic E-state index is -4.37. The van der Waals surface area contributed by atoms with Gasteiger partial charge < -0.3 is 10.5 Å². The maximum Gasteiger partial charge on any atom is 0.407 e. The van der Waals surface area contributed by atoms with Crippen molar-refractivity contribution in [2.24, 2.45) is 5.10 Å². The monoisotopic (exact) mass is 217 g/mol. The van der Waals surface area contributed by atoms with Crippen LogP contribution < -0.4 is 10.5 Å². The number of rotatable bonds is 3. The summed E-state index contributed by atoms with van der Waals surface area (Å²) in [5.74, 6) is -0.722. The molecule has 0 heterocycles. The molecule has 15 heavy (non-hydrogen) atoms. The Morgan fingerprint density at radius 1 is 1.27 bits per heavy atom. The van der Waals surface area contributed by atoms with Crippen LogP contribution in [-0.4, -0.2) is 18.6 Å². The predicted octanol–water partition coefficient (Wildman–Crippen LogP) is 0.860. The number of halogens is 3. The largest absolute Gasteiger partial charge is 0.857 e. The van der Waals surface area contributed by atoms with Gasteiger partial charge >= 0.3 is 6.18 Å². The molecule has 0 saturated heterocycles. The molecule has 1 rings (SSSR count). The van der Waals surface area contributed by atoms with Gasteiger partial charge in [0.2, 0.25) is 0 Å². The highest BCUT2D eigenvalue weighted by Gasteiger charge is 2.26. The molecule has 0 radical (unpaired) electrons. The van der Waals surface area contributed by atoms with E-state index in [2.05, 4.69) is 5.10 Å². The first-order valence-corrected chi connectivity index (χ1v) is 4.09. The highest BCUT2D eigenvalue weighted by atomic mass is 19.4. The van der Waals surface area contributed by atoms with Gasteiger partial charge in [-0.3, -0.25) is 0 Å². The van der Waals surface area contributed by atoms with Crippen molar-refractivity contribution in [1.29, 1.82) is 0 Å². The lowest BCUT2D eigenvalue weighted by Crippen LogP contribution is -2.29. The average Bonchev–Trinajstić information content (AvgIpc) is 2.17. The molecule has 0 unspecified atom stereocenters. The number of alkyl halides is 3. The maximum atomic E-state index is 11.7. The molecule has 82 valence electrons. The minimum absolute atomic E-state index is 0.243. The van der Waals surface area contributed by atoms with Gasteiger partial charge in [-0.15, -0.1) is 0 Å². The summed E-state index contributed by atoms with van der Waals surface area (Å²) < 4.78 is 35.0. The molecule has 1 N–H and O–H groups in total. The lowest BCUT2D eigenvalue weighted by Gasteiger charge is -2.11. The summed E-state index contributed by atoms with van der Waals surface area (Å²) in [5, 5.41) is 14.2. The van der Waals surface area contributed by atoms with Crippen molar-refractivity contribution < 1.29 is 18.3 Å². The van der Waals surface area contributed by atoms with Crippen molar-refractivity contribution in [2.45, 2.75) is 6.18 Å². The Morgan fingerprint density at radius 3 is 2.40 bits per heavy atom. The van der Waals surface area contributed by atoms with E-state index in [4.69, 9.17) is 0 Å². The van der Waals surface area contributed by atoms with Gasteiger partial charge in [0, 0.05) is 5.90 Å². The minimum Gasteiger partial charge on any atom is -0.857 e. The third-order valence-corrected chi connectivity index (χ3v) is 1.48. The zero-order chi connectivity index (χ0) is 11.3. The molecule has 1 aromatic carbocycles. The van der Waals surface area contributed by atoms with Crippen LogP contribution in [0.5, 0.6) is 0 Å². The van der Waals surface area contributed by atoms with Crippen LogP contribution >= 0.6 is 0 Å². The van der Waals surface area contributed by atoms with E-state index >= 15 is 0 Å². The van der Waals surface area contributed by atoms with Gasteiger partial charge in [-0.05, 0) is 5.56 Å². The fraction of sp³-hybridized carbons (Fsp3) is 0.222. The van der Waals surface area contributed by atoms with Crippen LogP contribution in [0.1, 0.15) is 5.56 Å². The first-order chi connectivity index (χ1) is 6.99. The molecule has 0 fully saturated rings. The number of benzene rings is 1. The summed E-state index contributed by atoms with van der Waals surface area (Å²) in [5.41, 5.74) is 1.92. The second kappa shape index (κ2) is 4.68. The Labute approximate surface area is 84.2 Å². The fourth-order valence-electron chi connectivity index (χ4n) is 0.846. The van der Waals surface area contributed by atoms with E-state index in [-0.39, 0.29) is 5.56 Å². The van der Waals surface area contributed by atoms with Crippen molar-refractivity contribution in [3.63, 3.8) is 0 Å². The summed E-state index contributed by atoms with van der Waals surface area (Å²) >= 11 is 0. The highest BCUT2D eigenvalue weighted by Crippen LogP contribution is 2.12. The number of hydrazone groups is 1. The third-order valence-electron chi connectivity index (χ3n) is 1.48. The number of hydrogen-bond donors (Lipinski definition) is 1. The Kier molecular flexibility index (Phi) is 3.54. The zero-order valence-corrected chi connectivity index (χ0v) is 7.58. The summed E-state index contributed by atoms with van der Waals surface area (Å²) in [6, 6.07) is 7.85. The molecular formula is C9H8F3N2O-. The van der Waals surface area contributed by atoms with E-state index in [1.807, 2.05) is 0 Å². The molecule has 1 aromatic rings. The quantitative estimate of drug-likeness (QED) is 0.463. The normalized spacial score (nSPS) is 12.6. The van der Waals surface area contributed by atoms with Crippen molar-refractivity contribution in [1.82, 2.24) is 5.43 Å². The van der Waals surface area contributed by atoms with Crippen LogP contribution in [0.2, 0.25) is 0 Å². The standard InChI is InChI=1S/C9H9F3N2O/c10-9(11,12)6-13-14-8(15)7-4-2-1-3-5-7/h1-5,13H,6H2,(H,14,15)/p-1. The van der Waals surface area contributed by atoms with Crippen molar-refractivity contribution in [3.8, 4) is 0 Å². The molecule has 0 aliphatic carbocycles. The Balaban J connectivity index is 2.54. The van der Waals surface area contributed by atoms with Crippen LogP contribution in [0, 0.1) is 0 Å².